The zero-order chi connectivity index (χ0) is 12.8. The maximum Gasteiger partial charge on any atom is 0.0964 e. The van der Waals surface area contributed by atoms with Gasteiger partial charge in [0.15, 0.2) is 0 Å². The molecule has 1 aliphatic rings. The molecule has 2 unspecified atom stereocenters. The molecule has 1 fully saturated rings. The minimum atomic E-state index is 0.105. The van der Waals surface area contributed by atoms with Crippen LogP contribution >= 0.6 is 11.8 Å². The second-order valence-electron chi connectivity index (χ2n) is 4.74. The summed E-state index contributed by atoms with van der Waals surface area (Å²) in [5.74, 6) is 0. The van der Waals surface area contributed by atoms with Crippen LogP contribution in [0, 0.1) is 0 Å². The number of hydrogen-bond acceptors (Lipinski definition) is 5. The summed E-state index contributed by atoms with van der Waals surface area (Å²) < 4.78 is 1.68. The number of aromatic nitrogens is 3. The summed E-state index contributed by atoms with van der Waals surface area (Å²) in [4.78, 5) is 0. The predicted molar refractivity (Wildman–Crippen MR) is 73.5 cm³/mol. The number of hydrogen-bond donors (Lipinski definition) is 2. The van der Waals surface area contributed by atoms with Gasteiger partial charge in [0.2, 0.25) is 0 Å². The van der Waals surface area contributed by atoms with E-state index in [1.165, 1.54) is 25.7 Å². The van der Waals surface area contributed by atoms with Crippen molar-refractivity contribution in [1.82, 2.24) is 20.3 Å². The Morgan fingerprint density at radius 1 is 1.50 bits per heavy atom. The molecule has 0 aliphatic heterocycles. The fourth-order valence-corrected chi connectivity index (χ4v) is 3.44. The molecule has 0 aromatic carbocycles. The molecule has 0 saturated heterocycles. The molecule has 18 heavy (non-hydrogen) atoms. The Morgan fingerprint density at radius 3 is 3.11 bits per heavy atom. The number of aliphatic hydroxyl groups is 1. The minimum Gasteiger partial charge on any atom is -0.394 e. The zero-order valence-corrected chi connectivity index (χ0v) is 11.7. The molecule has 2 atom stereocenters. The lowest BCUT2D eigenvalue weighted by atomic mass is 9.95. The smallest absolute Gasteiger partial charge is 0.0964 e. The first-order valence-electron chi connectivity index (χ1n) is 6.59. The summed E-state index contributed by atoms with van der Waals surface area (Å²) in [6, 6.07) is 0.594. The van der Waals surface area contributed by atoms with Crippen LogP contribution in [0.1, 0.15) is 31.4 Å². The van der Waals surface area contributed by atoms with Gasteiger partial charge in [0.05, 0.1) is 18.8 Å². The second kappa shape index (κ2) is 7.11. The SMILES string of the molecule is CSC1CCCCC1NCc1cn(CCO)nn1. The summed E-state index contributed by atoms with van der Waals surface area (Å²) >= 11 is 1.97. The number of nitrogens with one attached hydrogen (secondary N) is 1. The first kappa shape index (κ1) is 13.8. The Balaban J connectivity index is 1.81. The van der Waals surface area contributed by atoms with E-state index in [2.05, 4.69) is 21.9 Å². The van der Waals surface area contributed by atoms with Gasteiger partial charge in [-0.1, -0.05) is 18.1 Å². The standard InChI is InChI=1S/C12H22N4OS/c1-18-12-5-3-2-4-11(12)13-8-10-9-16(6-7-17)15-14-10/h9,11-13,17H,2-8H2,1H3. The summed E-state index contributed by atoms with van der Waals surface area (Å²) in [6.07, 6.45) is 9.36. The van der Waals surface area contributed by atoms with Crippen molar-refractivity contribution in [3.8, 4) is 0 Å². The first-order chi connectivity index (χ1) is 8.83. The zero-order valence-electron chi connectivity index (χ0n) is 10.9. The van der Waals surface area contributed by atoms with Crippen LogP contribution in [0.3, 0.4) is 0 Å². The van der Waals surface area contributed by atoms with Crippen molar-refractivity contribution >= 4 is 11.8 Å². The van der Waals surface area contributed by atoms with Crippen LogP contribution in [0.5, 0.6) is 0 Å². The molecule has 0 bridgehead atoms. The summed E-state index contributed by atoms with van der Waals surface area (Å²) in [5.41, 5.74) is 0.953. The average molecular weight is 270 g/mol. The van der Waals surface area contributed by atoms with Gasteiger partial charge < -0.3 is 10.4 Å². The third-order valence-corrected chi connectivity index (χ3v) is 4.64. The Labute approximate surface area is 112 Å². The molecule has 1 saturated carbocycles. The second-order valence-corrected chi connectivity index (χ2v) is 5.82. The van der Waals surface area contributed by atoms with Crippen LogP contribution in [-0.4, -0.2) is 44.3 Å². The molecule has 0 spiro atoms. The summed E-state index contributed by atoms with van der Waals surface area (Å²) in [5, 5.41) is 21.2. The number of nitrogens with zero attached hydrogens (tertiary/aromatic N) is 3. The molecule has 1 heterocycles. The molecule has 1 aromatic heterocycles. The Kier molecular flexibility index (Phi) is 5.46. The fourth-order valence-electron chi connectivity index (χ4n) is 2.48. The largest absolute Gasteiger partial charge is 0.394 e. The Bertz CT molecular complexity index is 358. The van der Waals surface area contributed by atoms with E-state index in [4.69, 9.17) is 5.11 Å². The maximum atomic E-state index is 8.82. The average Bonchev–Trinajstić information content (AvgIpc) is 2.85. The van der Waals surface area contributed by atoms with Crippen LogP contribution in [0.4, 0.5) is 0 Å². The molecule has 1 aromatic rings. The van der Waals surface area contributed by atoms with Gasteiger partial charge in [0, 0.05) is 24.0 Å². The molecule has 6 heteroatoms. The summed E-state index contributed by atoms with van der Waals surface area (Å²) in [7, 11) is 0. The van der Waals surface area contributed by atoms with Gasteiger partial charge in [-0.25, -0.2) is 4.68 Å². The van der Waals surface area contributed by atoms with Crippen LogP contribution in [0.2, 0.25) is 0 Å². The van der Waals surface area contributed by atoms with Crippen molar-refractivity contribution in [2.45, 2.75) is 50.1 Å². The Morgan fingerprint density at radius 2 is 2.33 bits per heavy atom. The molecule has 5 nitrogen and oxygen atoms in total. The van der Waals surface area contributed by atoms with E-state index < -0.39 is 0 Å². The third kappa shape index (κ3) is 3.70. The van der Waals surface area contributed by atoms with Crippen molar-refractivity contribution in [2.24, 2.45) is 0 Å². The lowest BCUT2D eigenvalue weighted by molar-refractivity contribution is 0.268. The van der Waals surface area contributed by atoms with Gasteiger partial charge in [0.25, 0.3) is 0 Å². The van der Waals surface area contributed by atoms with Crippen LogP contribution in [0.15, 0.2) is 6.20 Å². The molecular weight excluding hydrogens is 248 g/mol. The highest BCUT2D eigenvalue weighted by atomic mass is 32.2. The van der Waals surface area contributed by atoms with E-state index in [0.717, 1.165) is 17.5 Å². The predicted octanol–water partition coefficient (Wildman–Crippen LogP) is 1.03. The number of thioether (sulfide) groups is 1. The number of rotatable bonds is 6. The van der Waals surface area contributed by atoms with Gasteiger partial charge in [0.1, 0.15) is 0 Å². The van der Waals surface area contributed by atoms with Crippen molar-refractivity contribution in [2.75, 3.05) is 12.9 Å². The van der Waals surface area contributed by atoms with E-state index in [0.29, 0.717) is 12.6 Å². The van der Waals surface area contributed by atoms with Gasteiger partial charge in [-0.2, -0.15) is 11.8 Å². The van der Waals surface area contributed by atoms with E-state index >= 15 is 0 Å². The fraction of sp³-hybridized carbons (Fsp3) is 0.833. The molecule has 102 valence electrons. The third-order valence-electron chi connectivity index (χ3n) is 3.47. The lowest BCUT2D eigenvalue weighted by Crippen LogP contribution is -2.40. The van der Waals surface area contributed by atoms with Crippen molar-refractivity contribution < 1.29 is 5.11 Å². The molecular formula is C12H22N4OS. The van der Waals surface area contributed by atoms with Gasteiger partial charge in [-0.15, -0.1) is 5.10 Å². The number of aliphatic hydroxyl groups excluding tert-OH is 1. The lowest BCUT2D eigenvalue weighted by Gasteiger charge is -2.30. The monoisotopic (exact) mass is 270 g/mol. The molecule has 2 N–H and O–H groups in total. The highest BCUT2D eigenvalue weighted by Gasteiger charge is 2.23. The summed E-state index contributed by atoms with van der Waals surface area (Å²) in [6.45, 7) is 1.39. The van der Waals surface area contributed by atoms with E-state index in [1.807, 2.05) is 18.0 Å². The highest BCUT2D eigenvalue weighted by molar-refractivity contribution is 7.99. The van der Waals surface area contributed by atoms with E-state index in [1.54, 1.807) is 4.68 Å². The normalized spacial score (nSPS) is 24.3. The van der Waals surface area contributed by atoms with Crippen LogP contribution < -0.4 is 5.32 Å². The topological polar surface area (TPSA) is 63.0 Å². The van der Waals surface area contributed by atoms with Gasteiger partial charge in [-0.3, -0.25) is 0 Å². The van der Waals surface area contributed by atoms with Crippen molar-refractivity contribution in [3.63, 3.8) is 0 Å². The van der Waals surface area contributed by atoms with Gasteiger partial charge >= 0.3 is 0 Å². The first-order valence-corrected chi connectivity index (χ1v) is 7.88. The minimum absolute atomic E-state index is 0.105. The Hall–Kier alpha value is -0.590. The molecule has 0 amide bonds. The van der Waals surface area contributed by atoms with E-state index in [9.17, 15) is 0 Å². The quantitative estimate of drug-likeness (QED) is 0.808. The van der Waals surface area contributed by atoms with E-state index in [-0.39, 0.29) is 6.61 Å². The van der Waals surface area contributed by atoms with Gasteiger partial charge in [-0.05, 0) is 19.1 Å². The molecule has 1 aliphatic carbocycles. The van der Waals surface area contributed by atoms with Crippen molar-refractivity contribution in [1.29, 1.82) is 0 Å². The maximum absolute atomic E-state index is 8.82. The molecule has 2 rings (SSSR count). The van der Waals surface area contributed by atoms with Crippen LogP contribution in [-0.2, 0) is 13.1 Å². The molecule has 0 radical (unpaired) electrons. The highest BCUT2D eigenvalue weighted by Crippen LogP contribution is 2.27. The van der Waals surface area contributed by atoms with Crippen LogP contribution in [0.25, 0.3) is 0 Å². The van der Waals surface area contributed by atoms with Crippen molar-refractivity contribution in [3.05, 3.63) is 11.9 Å².